The van der Waals surface area contributed by atoms with Crippen molar-refractivity contribution in [2.24, 2.45) is 0 Å². The van der Waals surface area contributed by atoms with Gasteiger partial charge in [0.2, 0.25) is 0 Å². The Morgan fingerprint density at radius 1 is 1.50 bits per heavy atom. The minimum Gasteiger partial charge on any atom is -0.396 e. The Labute approximate surface area is 79.1 Å². The summed E-state index contributed by atoms with van der Waals surface area (Å²) in [6.07, 6.45) is 3.46. The van der Waals surface area contributed by atoms with Gasteiger partial charge in [0.15, 0.2) is 0 Å². The first kappa shape index (κ1) is 10.4. The minimum absolute atomic E-state index is 0.301. The van der Waals surface area contributed by atoms with Crippen LogP contribution in [0.25, 0.3) is 0 Å². The van der Waals surface area contributed by atoms with Crippen molar-refractivity contribution in [3.8, 4) is 0 Å². The highest BCUT2D eigenvalue weighted by molar-refractivity contribution is 7.99. The molecule has 1 saturated heterocycles. The number of thioether (sulfide) groups is 1. The molecule has 0 aromatic heterocycles. The Balaban J connectivity index is 2.11. The molecule has 1 aliphatic heterocycles. The van der Waals surface area contributed by atoms with E-state index in [4.69, 9.17) is 5.11 Å². The van der Waals surface area contributed by atoms with Gasteiger partial charge in [-0.05, 0) is 37.7 Å². The summed E-state index contributed by atoms with van der Waals surface area (Å²) in [6.45, 7) is 2.45. The second-order valence-corrected chi connectivity index (χ2v) is 4.69. The van der Waals surface area contributed by atoms with Crippen LogP contribution in [0.3, 0.4) is 0 Å². The third-order valence-electron chi connectivity index (χ3n) is 2.30. The second-order valence-electron chi connectivity index (χ2n) is 3.47. The smallest absolute Gasteiger partial charge is 0.0445 e. The molecule has 0 aromatic carbocycles. The van der Waals surface area contributed by atoms with Gasteiger partial charge < -0.3 is 10.4 Å². The molecule has 72 valence electrons. The van der Waals surface area contributed by atoms with E-state index in [1.165, 1.54) is 24.3 Å². The fourth-order valence-corrected chi connectivity index (χ4v) is 2.65. The molecule has 1 aliphatic rings. The summed E-state index contributed by atoms with van der Waals surface area (Å²) in [5.74, 6) is 2.59. The van der Waals surface area contributed by atoms with E-state index in [0.717, 1.165) is 6.42 Å². The number of rotatable bonds is 4. The van der Waals surface area contributed by atoms with Gasteiger partial charge in [-0.1, -0.05) is 0 Å². The number of aliphatic hydroxyl groups is 1. The van der Waals surface area contributed by atoms with E-state index in [9.17, 15) is 0 Å². The summed E-state index contributed by atoms with van der Waals surface area (Å²) in [7, 11) is 0. The number of nitrogens with one attached hydrogen (secondary N) is 1. The zero-order valence-electron chi connectivity index (χ0n) is 7.75. The highest BCUT2D eigenvalue weighted by atomic mass is 32.2. The molecule has 1 atom stereocenters. The predicted molar refractivity (Wildman–Crippen MR) is 54.6 cm³/mol. The molecule has 12 heavy (non-hydrogen) atoms. The summed E-state index contributed by atoms with van der Waals surface area (Å²) in [6, 6.07) is 1.18. The molecule has 1 heterocycles. The van der Waals surface area contributed by atoms with Crippen molar-refractivity contribution in [2.45, 2.75) is 38.3 Å². The van der Waals surface area contributed by atoms with Gasteiger partial charge in [-0.15, -0.1) is 0 Å². The predicted octanol–water partition coefficient (Wildman–Crippen LogP) is 1.24. The molecule has 0 bridgehead atoms. The lowest BCUT2D eigenvalue weighted by atomic mass is 10.1. The summed E-state index contributed by atoms with van der Waals surface area (Å²) in [4.78, 5) is 0. The molecule has 1 fully saturated rings. The van der Waals surface area contributed by atoms with E-state index in [1.54, 1.807) is 0 Å². The van der Waals surface area contributed by atoms with Gasteiger partial charge >= 0.3 is 0 Å². The van der Waals surface area contributed by atoms with Crippen LogP contribution in [0.1, 0.15) is 26.2 Å². The molecule has 0 saturated carbocycles. The molecule has 0 radical (unpaired) electrons. The van der Waals surface area contributed by atoms with Crippen LogP contribution in [0, 0.1) is 0 Å². The number of hydrogen-bond donors (Lipinski definition) is 2. The summed E-state index contributed by atoms with van der Waals surface area (Å²) < 4.78 is 0. The van der Waals surface area contributed by atoms with Crippen LogP contribution in [-0.4, -0.2) is 35.3 Å². The molecule has 0 spiro atoms. The van der Waals surface area contributed by atoms with Crippen molar-refractivity contribution in [3.63, 3.8) is 0 Å². The molecule has 0 unspecified atom stereocenters. The van der Waals surface area contributed by atoms with Gasteiger partial charge in [-0.2, -0.15) is 11.8 Å². The molecule has 0 amide bonds. The van der Waals surface area contributed by atoms with Gasteiger partial charge in [0.05, 0.1) is 0 Å². The second kappa shape index (κ2) is 5.84. The van der Waals surface area contributed by atoms with Gasteiger partial charge in [0, 0.05) is 18.7 Å². The van der Waals surface area contributed by atoms with E-state index >= 15 is 0 Å². The molecule has 0 aliphatic carbocycles. The Morgan fingerprint density at radius 2 is 2.17 bits per heavy atom. The van der Waals surface area contributed by atoms with Crippen molar-refractivity contribution >= 4 is 11.8 Å². The standard InChI is InChI=1S/C9H19NOS/c1-8(2-5-11)10-9-3-6-12-7-4-9/h8-11H,2-7H2,1H3/t8-/m1/s1. The van der Waals surface area contributed by atoms with Gasteiger partial charge in [-0.3, -0.25) is 0 Å². The van der Waals surface area contributed by atoms with Crippen LogP contribution in [0.5, 0.6) is 0 Å². The average Bonchev–Trinajstić information content (AvgIpc) is 2.06. The van der Waals surface area contributed by atoms with Gasteiger partial charge in [-0.25, -0.2) is 0 Å². The molecule has 3 heteroatoms. The molecule has 0 aromatic rings. The van der Waals surface area contributed by atoms with Crippen LogP contribution in [0.2, 0.25) is 0 Å². The molecular formula is C9H19NOS. The SMILES string of the molecule is C[C@H](CCO)NC1CCSCC1. The van der Waals surface area contributed by atoms with Crippen molar-refractivity contribution in [1.29, 1.82) is 0 Å². The monoisotopic (exact) mass is 189 g/mol. The Hall–Kier alpha value is 0.270. The van der Waals surface area contributed by atoms with Crippen LogP contribution in [-0.2, 0) is 0 Å². The summed E-state index contributed by atoms with van der Waals surface area (Å²) in [5, 5.41) is 12.3. The van der Waals surface area contributed by atoms with Crippen LogP contribution < -0.4 is 5.32 Å². The van der Waals surface area contributed by atoms with E-state index in [2.05, 4.69) is 12.2 Å². The first-order chi connectivity index (χ1) is 5.83. The minimum atomic E-state index is 0.301. The maximum Gasteiger partial charge on any atom is 0.0445 e. The topological polar surface area (TPSA) is 32.3 Å². The maximum atomic E-state index is 8.72. The Kier molecular flexibility index (Phi) is 5.04. The molecular weight excluding hydrogens is 170 g/mol. The van der Waals surface area contributed by atoms with E-state index in [1.807, 2.05) is 11.8 Å². The lowest BCUT2D eigenvalue weighted by molar-refractivity contribution is 0.261. The van der Waals surface area contributed by atoms with Crippen LogP contribution in [0.15, 0.2) is 0 Å². The Bertz CT molecular complexity index is 115. The Morgan fingerprint density at radius 3 is 2.75 bits per heavy atom. The summed E-state index contributed by atoms with van der Waals surface area (Å²) >= 11 is 2.05. The summed E-state index contributed by atoms with van der Waals surface area (Å²) in [5.41, 5.74) is 0. The third kappa shape index (κ3) is 3.78. The van der Waals surface area contributed by atoms with E-state index in [-0.39, 0.29) is 0 Å². The number of aliphatic hydroxyl groups excluding tert-OH is 1. The number of hydrogen-bond acceptors (Lipinski definition) is 3. The van der Waals surface area contributed by atoms with E-state index < -0.39 is 0 Å². The molecule has 2 N–H and O–H groups in total. The fraction of sp³-hybridized carbons (Fsp3) is 1.00. The fourth-order valence-electron chi connectivity index (χ4n) is 1.54. The largest absolute Gasteiger partial charge is 0.396 e. The highest BCUT2D eigenvalue weighted by Crippen LogP contribution is 2.17. The van der Waals surface area contributed by atoms with Gasteiger partial charge in [0.1, 0.15) is 0 Å². The molecule has 2 nitrogen and oxygen atoms in total. The van der Waals surface area contributed by atoms with Crippen molar-refractivity contribution in [1.82, 2.24) is 5.32 Å². The quantitative estimate of drug-likeness (QED) is 0.698. The zero-order valence-corrected chi connectivity index (χ0v) is 8.57. The maximum absolute atomic E-state index is 8.72. The first-order valence-electron chi connectivity index (χ1n) is 4.77. The van der Waals surface area contributed by atoms with Gasteiger partial charge in [0.25, 0.3) is 0 Å². The van der Waals surface area contributed by atoms with Crippen molar-refractivity contribution in [3.05, 3.63) is 0 Å². The normalized spacial score (nSPS) is 22.5. The first-order valence-corrected chi connectivity index (χ1v) is 5.93. The average molecular weight is 189 g/mol. The lowest BCUT2D eigenvalue weighted by Gasteiger charge is -2.26. The van der Waals surface area contributed by atoms with Crippen molar-refractivity contribution in [2.75, 3.05) is 18.1 Å². The zero-order chi connectivity index (χ0) is 8.81. The van der Waals surface area contributed by atoms with Crippen molar-refractivity contribution < 1.29 is 5.11 Å². The lowest BCUT2D eigenvalue weighted by Crippen LogP contribution is -2.39. The molecule has 1 rings (SSSR count). The van der Waals surface area contributed by atoms with E-state index in [0.29, 0.717) is 18.7 Å². The third-order valence-corrected chi connectivity index (χ3v) is 3.35. The van der Waals surface area contributed by atoms with Crippen LogP contribution >= 0.6 is 11.8 Å². The van der Waals surface area contributed by atoms with Crippen LogP contribution in [0.4, 0.5) is 0 Å². The highest BCUT2D eigenvalue weighted by Gasteiger charge is 2.14.